The molecule has 0 aliphatic heterocycles. The average molecular weight is 175 g/mol. The fourth-order valence-corrected chi connectivity index (χ4v) is 1.17. The molecule has 0 aromatic heterocycles. The van der Waals surface area contributed by atoms with Gasteiger partial charge in [-0.05, 0) is 26.8 Å². The van der Waals surface area contributed by atoms with Crippen LogP contribution in [0.4, 0.5) is 0 Å². The van der Waals surface area contributed by atoms with Gasteiger partial charge >= 0.3 is 0 Å². The lowest BCUT2D eigenvalue weighted by Gasteiger charge is -2.27. The van der Waals surface area contributed by atoms with Crippen LogP contribution in [0.2, 0.25) is 0 Å². The molecule has 74 valence electrons. The molecule has 0 heterocycles. The van der Waals surface area contributed by atoms with Gasteiger partial charge in [0.1, 0.15) is 0 Å². The first-order valence-corrected chi connectivity index (χ1v) is 4.49. The first-order valence-electron chi connectivity index (χ1n) is 4.49. The first kappa shape index (κ1) is 11.9. The predicted molar refractivity (Wildman–Crippen MR) is 49.9 cm³/mol. The van der Waals surface area contributed by atoms with Crippen LogP contribution in [0.3, 0.4) is 0 Å². The number of likely N-dealkylation sites (N-methyl/N-ethyl adjacent to an activating group) is 1. The summed E-state index contributed by atoms with van der Waals surface area (Å²) in [5.41, 5.74) is 0. The van der Waals surface area contributed by atoms with Gasteiger partial charge in [-0.3, -0.25) is 0 Å². The molecule has 0 amide bonds. The Bertz CT molecular complexity index is 115. The Hall–Kier alpha value is -0.120. The van der Waals surface area contributed by atoms with Gasteiger partial charge in [0.25, 0.3) is 0 Å². The van der Waals surface area contributed by atoms with Crippen molar-refractivity contribution in [3.05, 3.63) is 0 Å². The molecular weight excluding hydrogens is 154 g/mol. The molecule has 0 aliphatic carbocycles. The molecule has 2 unspecified atom stereocenters. The number of hydrogen-bond acceptors (Lipinski definition) is 3. The number of aliphatic hydroxyl groups is 1. The molecule has 2 N–H and O–H groups in total. The van der Waals surface area contributed by atoms with Crippen LogP contribution in [0.5, 0.6) is 0 Å². The van der Waals surface area contributed by atoms with E-state index >= 15 is 0 Å². The van der Waals surface area contributed by atoms with Gasteiger partial charge in [0.05, 0.1) is 12.1 Å². The summed E-state index contributed by atoms with van der Waals surface area (Å²) in [5.74, 6) is 0.365. The third-order valence-electron chi connectivity index (χ3n) is 1.77. The maximum absolute atomic E-state index is 9.57. The summed E-state index contributed by atoms with van der Waals surface area (Å²) in [6.07, 6.45) is -0.649. The molecule has 0 spiro atoms. The van der Waals surface area contributed by atoms with E-state index < -0.39 is 6.29 Å². The number of ether oxygens (including phenoxy) is 1. The molecule has 3 nitrogen and oxygen atoms in total. The summed E-state index contributed by atoms with van der Waals surface area (Å²) in [5, 5.41) is 12.6. The number of aliphatic hydroxyl groups excluding tert-OH is 1. The Morgan fingerprint density at radius 2 is 1.67 bits per heavy atom. The predicted octanol–water partition coefficient (Wildman–Crippen LogP) is 0.974. The number of hydrogen-bond donors (Lipinski definition) is 2. The van der Waals surface area contributed by atoms with Crippen LogP contribution in [0.15, 0.2) is 0 Å². The van der Waals surface area contributed by atoms with Crippen molar-refractivity contribution in [3.63, 3.8) is 0 Å². The molecule has 0 fully saturated rings. The van der Waals surface area contributed by atoms with Crippen molar-refractivity contribution in [1.29, 1.82) is 0 Å². The van der Waals surface area contributed by atoms with Crippen LogP contribution in [0, 0.1) is 5.92 Å². The second-order valence-corrected chi connectivity index (χ2v) is 3.63. The molecule has 12 heavy (non-hydrogen) atoms. The summed E-state index contributed by atoms with van der Waals surface area (Å²) in [7, 11) is 1.83. The Labute approximate surface area is 75.1 Å². The maximum atomic E-state index is 9.57. The normalized spacial score (nSPS) is 17.0. The first-order chi connectivity index (χ1) is 5.49. The van der Waals surface area contributed by atoms with Crippen molar-refractivity contribution in [3.8, 4) is 0 Å². The van der Waals surface area contributed by atoms with Gasteiger partial charge in [-0.25, -0.2) is 0 Å². The molecule has 0 radical (unpaired) electrons. The summed E-state index contributed by atoms with van der Waals surface area (Å²) < 4.78 is 5.26. The standard InChI is InChI=1S/C9H21NO2/c1-6(2)8(10-5)9(11)12-7(3)4/h6-11H,1-5H3. The largest absolute Gasteiger partial charge is 0.367 e. The monoisotopic (exact) mass is 175 g/mol. The highest BCUT2D eigenvalue weighted by molar-refractivity contribution is 4.71. The number of rotatable bonds is 5. The van der Waals surface area contributed by atoms with Gasteiger partial charge in [0.2, 0.25) is 0 Å². The van der Waals surface area contributed by atoms with Gasteiger partial charge in [-0.2, -0.15) is 0 Å². The average Bonchev–Trinajstić information content (AvgIpc) is 1.85. The third-order valence-corrected chi connectivity index (χ3v) is 1.77. The number of nitrogens with one attached hydrogen (secondary N) is 1. The van der Waals surface area contributed by atoms with E-state index in [4.69, 9.17) is 4.74 Å². The van der Waals surface area contributed by atoms with Crippen molar-refractivity contribution >= 4 is 0 Å². The van der Waals surface area contributed by atoms with E-state index in [9.17, 15) is 5.11 Å². The van der Waals surface area contributed by atoms with Crippen LogP contribution in [-0.4, -0.2) is 30.6 Å². The van der Waals surface area contributed by atoms with E-state index in [1.165, 1.54) is 0 Å². The zero-order valence-corrected chi connectivity index (χ0v) is 8.66. The van der Waals surface area contributed by atoms with Gasteiger partial charge in [0, 0.05) is 0 Å². The van der Waals surface area contributed by atoms with E-state index in [2.05, 4.69) is 5.32 Å². The second kappa shape index (κ2) is 5.51. The second-order valence-electron chi connectivity index (χ2n) is 3.63. The van der Waals surface area contributed by atoms with Crippen molar-refractivity contribution in [2.45, 2.75) is 46.1 Å². The van der Waals surface area contributed by atoms with Gasteiger partial charge in [-0.1, -0.05) is 13.8 Å². The van der Waals surface area contributed by atoms with Crippen molar-refractivity contribution in [1.82, 2.24) is 5.32 Å². The molecule has 0 saturated carbocycles. The van der Waals surface area contributed by atoms with Crippen LogP contribution in [-0.2, 0) is 4.74 Å². The lowest BCUT2D eigenvalue weighted by Crippen LogP contribution is -2.44. The summed E-state index contributed by atoms with van der Waals surface area (Å²) >= 11 is 0. The summed E-state index contributed by atoms with van der Waals surface area (Å²) in [6, 6.07) is 0.00685. The summed E-state index contributed by atoms with van der Waals surface area (Å²) in [6.45, 7) is 7.93. The molecule has 0 aromatic carbocycles. The van der Waals surface area contributed by atoms with Crippen molar-refractivity contribution < 1.29 is 9.84 Å². The lowest BCUT2D eigenvalue weighted by atomic mass is 10.0. The molecule has 0 aliphatic rings. The lowest BCUT2D eigenvalue weighted by molar-refractivity contribution is -0.149. The Balaban J connectivity index is 3.94. The van der Waals surface area contributed by atoms with E-state index in [1.807, 2.05) is 34.7 Å². The SMILES string of the molecule is CNC(C(C)C)C(O)OC(C)C. The maximum Gasteiger partial charge on any atom is 0.170 e. The van der Waals surface area contributed by atoms with Gasteiger partial charge in [-0.15, -0.1) is 0 Å². The zero-order valence-electron chi connectivity index (χ0n) is 8.66. The van der Waals surface area contributed by atoms with E-state index in [-0.39, 0.29) is 12.1 Å². The highest BCUT2D eigenvalue weighted by atomic mass is 16.6. The Morgan fingerprint density at radius 1 is 1.17 bits per heavy atom. The van der Waals surface area contributed by atoms with E-state index in [1.54, 1.807) is 0 Å². The van der Waals surface area contributed by atoms with Crippen LogP contribution in [0.25, 0.3) is 0 Å². The Morgan fingerprint density at radius 3 is 1.92 bits per heavy atom. The summed E-state index contributed by atoms with van der Waals surface area (Å²) in [4.78, 5) is 0. The minimum atomic E-state index is -0.713. The molecule has 0 aromatic rings. The van der Waals surface area contributed by atoms with E-state index in [0.717, 1.165) is 0 Å². The van der Waals surface area contributed by atoms with Crippen LogP contribution < -0.4 is 5.32 Å². The molecule has 2 atom stereocenters. The van der Waals surface area contributed by atoms with Crippen molar-refractivity contribution in [2.24, 2.45) is 5.92 Å². The highest BCUT2D eigenvalue weighted by Crippen LogP contribution is 2.08. The van der Waals surface area contributed by atoms with E-state index in [0.29, 0.717) is 5.92 Å². The topological polar surface area (TPSA) is 41.5 Å². The zero-order chi connectivity index (χ0) is 9.72. The van der Waals surface area contributed by atoms with Crippen LogP contribution >= 0.6 is 0 Å². The highest BCUT2D eigenvalue weighted by Gasteiger charge is 2.21. The minimum Gasteiger partial charge on any atom is -0.367 e. The van der Waals surface area contributed by atoms with Gasteiger partial charge in [0.15, 0.2) is 6.29 Å². The fraction of sp³-hybridized carbons (Fsp3) is 1.00. The molecule has 0 bridgehead atoms. The third kappa shape index (κ3) is 4.04. The Kier molecular flexibility index (Phi) is 5.46. The van der Waals surface area contributed by atoms with Crippen molar-refractivity contribution in [2.75, 3.05) is 7.05 Å². The van der Waals surface area contributed by atoms with Gasteiger partial charge < -0.3 is 15.2 Å². The minimum absolute atomic E-state index is 0.00685. The van der Waals surface area contributed by atoms with Crippen LogP contribution in [0.1, 0.15) is 27.7 Å². The quantitative estimate of drug-likeness (QED) is 0.612. The molecule has 3 heteroatoms. The molecule has 0 saturated heterocycles. The molecular formula is C9H21NO2. The fourth-order valence-electron chi connectivity index (χ4n) is 1.17. The smallest absolute Gasteiger partial charge is 0.170 e. The molecule has 0 rings (SSSR count).